The van der Waals surface area contributed by atoms with E-state index in [0.717, 1.165) is 63.1 Å². The first kappa shape index (κ1) is 64.7. The fraction of sp³-hybridized carbons (Fsp3) is 0.792. The maximum Gasteiger partial charge on any atom is 0.330 e. The fourth-order valence-electron chi connectivity index (χ4n) is 7.71. The van der Waals surface area contributed by atoms with E-state index in [2.05, 4.69) is 122 Å². The molecule has 3 heterocycles. The van der Waals surface area contributed by atoms with E-state index in [-0.39, 0.29) is 23.2 Å². The molecule has 0 amide bonds. The number of nitrogens with zero attached hydrogens (tertiary/aromatic N) is 5. The minimum absolute atomic E-state index is 0.0462. The van der Waals surface area contributed by atoms with E-state index in [0.29, 0.717) is 5.92 Å². The summed E-state index contributed by atoms with van der Waals surface area (Å²) in [6.45, 7) is 53.5. The number of nitrogens with one attached hydrogen (secondary N) is 1. The highest BCUT2D eigenvalue weighted by atomic mass is 35.5. The Morgan fingerprint density at radius 2 is 1.23 bits per heavy atom. The zero-order valence-electron chi connectivity index (χ0n) is 42.2. The lowest BCUT2D eigenvalue weighted by molar-refractivity contribution is -0.146. The molecule has 0 radical (unpaired) electrons. The van der Waals surface area contributed by atoms with Gasteiger partial charge in [0.15, 0.2) is 0 Å². The van der Waals surface area contributed by atoms with Crippen LogP contribution in [0.5, 0.6) is 0 Å². The van der Waals surface area contributed by atoms with Gasteiger partial charge in [-0.25, -0.2) is 4.79 Å². The molecular weight excluding hydrogens is 840 g/mol. The van der Waals surface area contributed by atoms with Crippen LogP contribution >= 0.6 is 23.2 Å². The van der Waals surface area contributed by atoms with Crippen LogP contribution in [0.1, 0.15) is 55.4 Å². The summed E-state index contributed by atoms with van der Waals surface area (Å²) in [6, 6.07) is 0. The second-order valence-electron chi connectivity index (χ2n) is 17.6. The lowest BCUT2D eigenvalue weighted by atomic mass is 9.98. The minimum Gasteiger partial charge on any atom is -0.469 e. The van der Waals surface area contributed by atoms with E-state index >= 15 is 0 Å². The van der Waals surface area contributed by atoms with Crippen molar-refractivity contribution < 1.29 is 23.8 Å². The van der Waals surface area contributed by atoms with E-state index in [1.165, 1.54) is 91.9 Å². The molecule has 0 saturated carbocycles. The minimum atomic E-state index is -0.997. The van der Waals surface area contributed by atoms with Crippen molar-refractivity contribution in [2.45, 2.75) is 75.0 Å². The third kappa shape index (κ3) is 33.0. The number of alkyl halides is 2. The van der Waals surface area contributed by atoms with Crippen LogP contribution in [0.3, 0.4) is 0 Å². The first-order valence-corrected chi connectivity index (χ1v) is 27.7. The maximum atomic E-state index is 11.3. The number of esters is 2. The second-order valence-corrected chi connectivity index (χ2v) is 23.9. The van der Waals surface area contributed by atoms with Crippen LogP contribution in [0.4, 0.5) is 0 Å². The average molecular weight is 936 g/mol. The Hall–Kier alpha value is -1.58. The number of hydrogen-bond donors (Lipinski definition) is 1. The molecule has 0 aromatic rings. The Kier molecular flexibility index (Phi) is 42.7. The van der Waals surface area contributed by atoms with Gasteiger partial charge in [-0.3, -0.25) is 19.5 Å². The molecule has 3 rings (SSSR count). The summed E-state index contributed by atoms with van der Waals surface area (Å²) in [5, 5.41) is 3.64. The van der Waals surface area contributed by atoms with Gasteiger partial charge in [0.05, 0.1) is 40.3 Å². The molecule has 0 bridgehead atoms. The van der Waals surface area contributed by atoms with Crippen molar-refractivity contribution in [3.63, 3.8) is 0 Å². The first-order valence-electron chi connectivity index (χ1n) is 22.9. The summed E-state index contributed by atoms with van der Waals surface area (Å²) in [5.74, 6) is 3.49. The van der Waals surface area contributed by atoms with Gasteiger partial charge in [-0.1, -0.05) is 92.4 Å². The average Bonchev–Trinajstić information content (AvgIpc) is 3.92. The highest BCUT2D eigenvalue weighted by Gasteiger charge is 2.35. The van der Waals surface area contributed by atoms with Crippen molar-refractivity contribution in [2.75, 3.05) is 138 Å². The summed E-state index contributed by atoms with van der Waals surface area (Å²) >= 11 is 9.53. The topological polar surface area (TPSA) is 90.1 Å². The fourth-order valence-corrected chi connectivity index (χ4v) is 9.27. The predicted molar refractivity (Wildman–Crippen MR) is 272 cm³/mol. The second kappa shape index (κ2) is 40.9. The van der Waals surface area contributed by atoms with E-state index in [9.17, 15) is 9.59 Å². The van der Waals surface area contributed by atoms with Crippen LogP contribution in [-0.4, -0.2) is 182 Å². The molecular formula is C48H96Cl2N6O5Si. The number of ether oxygens (including phenoxy) is 3. The largest absolute Gasteiger partial charge is 0.469 e. The molecule has 62 heavy (non-hydrogen) atoms. The number of likely N-dealkylation sites (tertiary alicyclic amines) is 2. The number of carbonyl (C=O) groups is 2. The zero-order chi connectivity index (χ0) is 48.1. The number of hydrogen-bond acceptors (Lipinski definition) is 11. The van der Waals surface area contributed by atoms with E-state index in [1.807, 2.05) is 18.2 Å². The Morgan fingerprint density at radius 1 is 0.726 bits per heavy atom. The summed E-state index contributed by atoms with van der Waals surface area (Å²) in [7, 11) is 3.54. The van der Waals surface area contributed by atoms with Crippen LogP contribution in [0, 0.1) is 35.5 Å². The van der Waals surface area contributed by atoms with Gasteiger partial charge in [-0.05, 0) is 81.9 Å². The Balaban J connectivity index is -0.000000701. The third-order valence-corrected chi connectivity index (χ3v) is 12.6. The molecule has 6 unspecified atom stereocenters. The summed E-state index contributed by atoms with van der Waals surface area (Å²) in [4.78, 5) is 33.5. The summed E-state index contributed by atoms with van der Waals surface area (Å²) < 4.78 is 14.1. The van der Waals surface area contributed by atoms with Crippen molar-refractivity contribution in [3.05, 3.63) is 50.1 Å². The molecule has 1 N–H and O–H groups in total. The SMILES string of the molecule is C/C=C/C(=O)OC.C=CCN(COC)C[Si](C)(C)C.C=CCN1CC(C)C(C(=O)OC)C1.C=CCN1CC(C)C(CN(CC)CC)C1.CCN(CC)CC1CNCC1C.ClCCl. The van der Waals surface area contributed by atoms with Crippen molar-refractivity contribution in [1.29, 1.82) is 0 Å². The Labute approximate surface area is 393 Å². The van der Waals surface area contributed by atoms with Crippen LogP contribution in [0.2, 0.25) is 19.6 Å². The zero-order valence-corrected chi connectivity index (χ0v) is 44.7. The normalized spacial score (nSPS) is 22.2. The van der Waals surface area contributed by atoms with Crippen LogP contribution in [0.25, 0.3) is 0 Å². The quantitative estimate of drug-likeness (QED) is 0.0320. The molecule has 6 atom stereocenters. The molecule has 0 aromatic heterocycles. The predicted octanol–water partition coefficient (Wildman–Crippen LogP) is 8.29. The molecule has 3 aliphatic heterocycles. The van der Waals surface area contributed by atoms with Gasteiger partial charge in [0.25, 0.3) is 0 Å². The molecule has 3 saturated heterocycles. The first-order chi connectivity index (χ1) is 29.4. The molecule has 366 valence electrons. The van der Waals surface area contributed by atoms with Gasteiger partial charge < -0.3 is 29.3 Å². The monoisotopic (exact) mass is 935 g/mol. The van der Waals surface area contributed by atoms with Gasteiger partial charge in [0.1, 0.15) is 0 Å². The highest BCUT2D eigenvalue weighted by molar-refractivity contribution is 6.76. The van der Waals surface area contributed by atoms with Crippen LogP contribution in [-0.2, 0) is 23.8 Å². The number of halogens is 2. The molecule has 0 spiro atoms. The van der Waals surface area contributed by atoms with Crippen molar-refractivity contribution in [3.8, 4) is 0 Å². The molecule has 3 fully saturated rings. The van der Waals surface area contributed by atoms with Gasteiger partial charge in [-0.15, -0.1) is 42.9 Å². The standard InChI is InChI=1S/C13H26N2.C10H22N2.C10H17NO2.C9H21NOSi.C5H8O2.CH2Cl2/c1-5-8-15-9-12(4)13(11-15)10-14(6-2)7-3;1-4-12(5-2)8-10-7-11-6-9(10)3;1-4-5-11-6-8(2)9(7-11)10(12)13-3;1-6-7-10(8-11-2)9-12(3,4)5;1-3-4-5(6)7-2;2-1-3/h5,12-13H,1,6-11H2,2-4H3;9-11H,4-8H2,1-3H3;4,8-9H,1,5-7H2,2-3H3;6H,1,7-9H2,2-5H3;3-4H,1-2H3;1H2/b;;;;4-3+;. The molecule has 14 heteroatoms. The van der Waals surface area contributed by atoms with Gasteiger partial charge in [0, 0.05) is 72.1 Å². The Morgan fingerprint density at radius 3 is 1.60 bits per heavy atom. The number of rotatable bonds is 20. The molecule has 0 aliphatic carbocycles. The van der Waals surface area contributed by atoms with Crippen molar-refractivity contribution in [1.82, 2.24) is 29.8 Å². The lowest BCUT2D eigenvalue weighted by Crippen LogP contribution is -2.41. The number of carbonyl (C=O) groups excluding carboxylic acids is 2. The molecule has 0 aromatic carbocycles. The third-order valence-electron chi connectivity index (χ3n) is 11.2. The van der Waals surface area contributed by atoms with Crippen molar-refractivity contribution in [2.24, 2.45) is 35.5 Å². The Bertz CT molecular complexity index is 1160. The number of allylic oxidation sites excluding steroid dienone is 1. The van der Waals surface area contributed by atoms with Crippen LogP contribution in [0.15, 0.2) is 50.1 Å². The van der Waals surface area contributed by atoms with E-state index in [4.69, 9.17) is 32.7 Å². The number of methoxy groups -OCH3 is 3. The summed E-state index contributed by atoms with van der Waals surface area (Å²) in [5.41, 5.74) is 0. The maximum absolute atomic E-state index is 11.3. The summed E-state index contributed by atoms with van der Waals surface area (Å²) in [6.07, 6.45) is 9.98. The molecule has 3 aliphatic rings. The van der Waals surface area contributed by atoms with Crippen molar-refractivity contribution >= 4 is 43.2 Å². The molecule has 11 nitrogen and oxygen atoms in total. The van der Waals surface area contributed by atoms with E-state index < -0.39 is 8.07 Å². The smallest absolute Gasteiger partial charge is 0.330 e. The van der Waals surface area contributed by atoms with Gasteiger partial charge in [-0.2, -0.15) is 0 Å². The van der Waals surface area contributed by atoms with Gasteiger partial charge in [0.2, 0.25) is 0 Å². The van der Waals surface area contributed by atoms with E-state index in [1.54, 1.807) is 20.1 Å². The highest BCUT2D eigenvalue weighted by Crippen LogP contribution is 2.24. The lowest BCUT2D eigenvalue weighted by Gasteiger charge is -2.26. The van der Waals surface area contributed by atoms with Crippen LogP contribution < -0.4 is 5.32 Å². The van der Waals surface area contributed by atoms with Gasteiger partial charge >= 0.3 is 11.9 Å².